The molecule has 2 aromatic rings. The molecule has 5 nitrogen and oxygen atoms in total. The van der Waals surface area contributed by atoms with Gasteiger partial charge in [0, 0.05) is 5.46 Å². The molecule has 7 rings (SSSR count). The van der Waals surface area contributed by atoms with Gasteiger partial charge in [-0.25, -0.2) is 4.68 Å². The molecular formula is C23H32BN3O2. The molecular weight excluding hydrogens is 361 g/mol. The Bertz CT molecular complexity index is 944. The van der Waals surface area contributed by atoms with Gasteiger partial charge < -0.3 is 9.31 Å². The monoisotopic (exact) mass is 393 g/mol. The van der Waals surface area contributed by atoms with Gasteiger partial charge in [-0.15, -0.1) is 5.10 Å². The van der Waals surface area contributed by atoms with E-state index in [1.165, 1.54) is 44.1 Å². The summed E-state index contributed by atoms with van der Waals surface area (Å²) < 4.78 is 15.2. The smallest absolute Gasteiger partial charge is 0.399 e. The Morgan fingerprint density at radius 1 is 0.931 bits per heavy atom. The van der Waals surface area contributed by atoms with Crippen molar-refractivity contribution in [2.24, 2.45) is 17.8 Å². The normalized spacial score (nSPS) is 37.0. The first-order chi connectivity index (χ1) is 13.7. The third-order valence-electron chi connectivity index (χ3n) is 8.68. The molecule has 6 heteroatoms. The minimum absolute atomic E-state index is 0.136. The highest BCUT2D eigenvalue weighted by atomic mass is 16.7. The average Bonchev–Trinajstić information content (AvgIpc) is 3.11. The zero-order chi connectivity index (χ0) is 20.2. The summed E-state index contributed by atoms with van der Waals surface area (Å²) >= 11 is 0. The molecule has 0 unspecified atom stereocenters. The molecule has 1 aromatic heterocycles. The fourth-order valence-corrected chi connectivity index (χ4v) is 7.04. The van der Waals surface area contributed by atoms with Crippen LogP contribution in [-0.4, -0.2) is 33.3 Å². The lowest BCUT2D eigenvalue weighted by Crippen LogP contribution is -2.53. The first kappa shape index (κ1) is 18.4. The second kappa shape index (κ2) is 5.64. The van der Waals surface area contributed by atoms with Crippen LogP contribution in [0.5, 0.6) is 0 Å². The Labute approximate surface area is 173 Å². The van der Waals surface area contributed by atoms with E-state index in [1.54, 1.807) is 0 Å². The third-order valence-corrected chi connectivity index (χ3v) is 8.68. The predicted molar refractivity (Wildman–Crippen MR) is 114 cm³/mol. The van der Waals surface area contributed by atoms with E-state index in [0.717, 1.165) is 34.2 Å². The largest absolute Gasteiger partial charge is 0.497 e. The first-order valence-electron chi connectivity index (χ1n) is 11.4. The molecule has 1 saturated heterocycles. The van der Waals surface area contributed by atoms with Crippen molar-refractivity contribution in [3.05, 3.63) is 17.7 Å². The van der Waals surface area contributed by atoms with Crippen molar-refractivity contribution in [1.29, 1.82) is 0 Å². The Morgan fingerprint density at radius 3 is 2.03 bits per heavy atom. The van der Waals surface area contributed by atoms with Crippen LogP contribution >= 0.6 is 0 Å². The van der Waals surface area contributed by atoms with Crippen LogP contribution < -0.4 is 5.46 Å². The standard InChI is InChI=1S/C23H32BN3O2/c1-14-6-18(24-28-21(2,3)22(4,5)29-24)20-19(7-14)25-26-27(20)23-11-15-8-16(12-23)10-17(9-15)13-23/h6-7,15-17H,8-13H2,1-5H3. The van der Waals surface area contributed by atoms with Gasteiger partial charge in [0.25, 0.3) is 0 Å². The van der Waals surface area contributed by atoms with E-state index in [9.17, 15) is 0 Å². The minimum atomic E-state index is -0.381. The van der Waals surface area contributed by atoms with Crippen molar-refractivity contribution in [2.45, 2.75) is 89.9 Å². The van der Waals surface area contributed by atoms with E-state index in [2.05, 4.69) is 56.5 Å². The van der Waals surface area contributed by atoms with Crippen LogP contribution in [0.2, 0.25) is 0 Å². The van der Waals surface area contributed by atoms with Crippen LogP contribution in [0.1, 0.15) is 71.8 Å². The summed E-state index contributed by atoms with van der Waals surface area (Å²) in [5, 5.41) is 9.43. The topological polar surface area (TPSA) is 49.2 Å². The maximum absolute atomic E-state index is 6.47. The summed E-state index contributed by atoms with van der Waals surface area (Å²) in [4.78, 5) is 0. The summed E-state index contributed by atoms with van der Waals surface area (Å²) in [5.74, 6) is 2.60. The number of nitrogens with zero attached hydrogens (tertiary/aromatic N) is 3. The Kier molecular flexibility index (Phi) is 3.58. The fourth-order valence-electron chi connectivity index (χ4n) is 7.04. The highest BCUT2D eigenvalue weighted by molar-refractivity contribution is 6.65. The molecule has 5 aliphatic rings. The Hall–Kier alpha value is -1.40. The van der Waals surface area contributed by atoms with E-state index in [4.69, 9.17) is 14.5 Å². The van der Waals surface area contributed by atoms with Gasteiger partial charge >= 0.3 is 7.12 Å². The molecule has 1 aromatic carbocycles. The number of aromatic nitrogens is 3. The number of aryl methyl sites for hydroxylation is 1. The van der Waals surface area contributed by atoms with Gasteiger partial charge in [-0.3, -0.25) is 0 Å². The van der Waals surface area contributed by atoms with Crippen LogP contribution in [0.4, 0.5) is 0 Å². The highest BCUT2D eigenvalue weighted by Gasteiger charge is 2.55. The highest BCUT2D eigenvalue weighted by Crippen LogP contribution is 2.59. The molecule has 29 heavy (non-hydrogen) atoms. The van der Waals surface area contributed by atoms with Gasteiger partial charge in [0.1, 0.15) is 5.52 Å². The van der Waals surface area contributed by atoms with Gasteiger partial charge in [-0.1, -0.05) is 11.3 Å². The van der Waals surface area contributed by atoms with E-state index < -0.39 is 0 Å². The molecule has 0 amide bonds. The summed E-state index contributed by atoms with van der Waals surface area (Å²) in [6.07, 6.45) is 8.05. The molecule has 0 spiro atoms. The van der Waals surface area contributed by atoms with Gasteiger partial charge in [-0.2, -0.15) is 0 Å². The summed E-state index contributed by atoms with van der Waals surface area (Å²) in [5.41, 5.74) is 3.82. The number of hydrogen-bond donors (Lipinski definition) is 0. The van der Waals surface area contributed by atoms with Crippen molar-refractivity contribution in [2.75, 3.05) is 0 Å². The van der Waals surface area contributed by atoms with Gasteiger partial charge in [-0.05, 0) is 103 Å². The molecule has 4 aliphatic carbocycles. The Balaban J connectivity index is 1.51. The third kappa shape index (κ3) is 2.54. The molecule has 5 fully saturated rings. The lowest BCUT2D eigenvalue weighted by molar-refractivity contribution is -0.0478. The van der Waals surface area contributed by atoms with Crippen LogP contribution in [-0.2, 0) is 14.8 Å². The van der Waals surface area contributed by atoms with Gasteiger partial charge in [0.2, 0.25) is 0 Å². The molecule has 4 bridgehead atoms. The lowest BCUT2D eigenvalue weighted by Gasteiger charge is -2.56. The fraction of sp³-hybridized carbons (Fsp3) is 0.739. The first-order valence-corrected chi connectivity index (χ1v) is 11.4. The van der Waals surface area contributed by atoms with E-state index in [0.29, 0.717) is 0 Å². The lowest BCUT2D eigenvalue weighted by atomic mass is 9.53. The van der Waals surface area contributed by atoms with Crippen LogP contribution in [0.25, 0.3) is 11.0 Å². The van der Waals surface area contributed by atoms with Crippen LogP contribution in [0.15, 0.2) is 12.1 Å². The molecule has 154 valence electrons. The van der Waals surface area contributed by atoms with Crippen molar-refractivity contribution >= 4 is 23.6 Å². The predicted octanol–water partition coefficient (Wildman–Crippen LogP) is 3.96. The molecule has 0 radical (unpaired) electrons. The number of fused-ring (bicyclic) bond motifs is 1. The van der Waals surface area contributed by atoms with E-state index in [1.807, 2.05) is 0 Å². The van der Waals surface area contributed by atoms with Gasteiger partial charge in [0.15, 0.2) is 0 Å². The molecule has 1 aliphatic heterocycles. The maximum Gasteiger partial charge on any atom is 0.497 e. The van der Waals surface area contributed by atoms with Crippen molar-refractivity contribution < 1.29 is 9.31 Å². The maximum atomic E-state index is 6.47. The van der Waals surface area contributed by atoms with Crippen LogP contribution in [0.3, 0.4) is 0 Å². The number of hydrogen-bond acceptors (Lipinski definition) is 4. The number of benzene rings is 1. The second-order valence-electron chi connectivity index (χ2n) is 11.5. The van der Waals surface area contributed by atoms with Crippen molar-refractivity contribution in [1.82, 2.24) is 15.0 Å². The zero-order valence-electron chi connectivity index (χ0n) is 18.4. The van der Waals surface area contributed by atoms with E-state index >= 15 is 0 Å². The minimum Gasteiger partial charge on any atom is -0.399 e. The second-order valence-corrected chi connectivity index (χ2v) is 11.5. The quantitative estimate of drug-likeness (QED) is 0.725. The molecule has 0 N–H and O–H groups in total. The van der Waals surface area contributed by atoms with E-state index in [-0.39, 0.29) is 23.9 Å². The zero-order valence-corrected chi connectivity index (χ0v) is 18.4. The molecule has 0 atom stereocenters. The average molecular weight is 393 g/mol. The van der Waals surface area contributed by atoms with Crippen molar-refractivity contribution in [3.8, 4) is 0 Å². The summed E-state index contributed by atoms with van der Waals surface area (Å²) in [6.45, 7) is 10.6. The molecule has 2 heterocycles. The Morgan fingerprint density at radius 2 is 1.48 bits per heavy atom. The summed E-state index contributed by atoms with van der Waals surface area (Å²) in [7, 11) is -0.381. The number of rotatable bonds is 2. The molecule has 4 saturated carbocycles. The SMILES string of the molecule is Cc1cc(B2OC(C)(C)C(C)(C)O2)c2c(c1)nnn2C12CC3CC(CC(C3)C1)C2. The van der Waals surface area contributed by atoms with Gasteiger partial charge in [0.05, 0.1) is 22.3 Å². The van der Waals surface area contributed by atoms with Crippen molar-refractivity contribution in [3.63, 3.8) is 0 Å². The van der Waals surface area contributed by atoms with Crippen LogP contribution in [0, 0.1) is 24.7 Å². The summed E-state index contributed by atoms with van der Waals surface area (Å²) in [6, 6.07) is 4.39.